The molecule has 5 nitrogen and oxygen atoms in total. The lowest BCUT2D eigenvalue weighted by atomic mass is 9.96. The van der Waals surface area contributed by atoms with Crippen molar-refractivity contribution in [3.8, 4) is 0 Å². The second-order valence-electron chi connectivity index (χ2n) is 6.22. The van der Waals surface area contributed by atoms with E-state index in [2.05, 4.69) is 20.6 Å². The molecule has 0 bridgehead atoms. The Morgan fingerprint density at radius 2 is 2.28 bits per heavy atom. The van der Waals surface area contributed by atoms with E-state index < -0.39 is 0 Å². The van der Waals surface area contributed by atoms with Gasteiger partial charge in [-0.2, -0.15) is 0 Å². The van der Waals surface area contributed by atoms with E-state index >= 15 is 0 Å². The van der Waals surface area contributed by atoms with Gasteiger partial charge in [0.2, 0.25) is 5.91 Å². The highest BCUT2D eigenvalue weighted by molar-refractivity contribution is 6.00. The fraction of sp³-hybridized carbons (Fsp3) is 0.211. The minimum atomic E-state index is -0.377. The number of halogens is 1. The summed E-state index contributed by atoms with van der Waals surface area (Å²) in [5.74, 6) is -0.919. The molecule has 1 aromatic heterocycles. The van der Waals surface area contributed by atoms with E-state index in [1.54, 1.807) is 12.3 Å². The topological polar surface area (TPSA) is 66.9 Å². The van der Waals surface area contributed by atoms with Crippen LogP contribution in [0.2, 0.25) is 0 Å². The molecule has 1 aliphatic heterocycles. The third-order valence-corrected chi connectivity index (χ3v) is 4.62. The van der Waals surface area contributed by atoms with Gasteiger partial charge in [-0.15, -0.1) is 0 Å². The maximum atomic E-state index is 13.5. The zero-order chi connectivity index (χ0) is 17.4. The summed E-state index contributed by atoms with van der Waals surface area (Å²) in [4.78, 5) is 21.3. The van der Waals surface area contributed by atoms with Crippen molar-refractivity contribution in [2.45, 2.75) is 13.0 Å². The molecule has 2 unspecified atom stereocenters. The number of hydrogen-bond donors (Lipinski definition) is 2. The number of carbonyl (C=O) groups is 1. The summed E-state index contributed by atoms with van der Waals surface area (Å²) in [5.41, 5.74) is 2.24. The first kappa shape index (κ1) is 15.7. The van der Waals surface area contributed by atoms with Crippen LogP contribution >= 0.6 is 0 Å². The Morgan fingerprint density at radius 1 is 1.40 bits per heavy atom. The number of fused-ring (bicyclic) bond motifs is 2. The van der Waals surface area contributed by atoms with E-state index in [-0.39, 0.29) is 23.7 Å². The lowest BCUT2D eigenvalue weighted by Crippen LogP contribution is -2.36. The number of anilines is 1. The Hall–Kier alpha value is -2.86. The number of nitrogens with one attached hydrogen (secondary N) is 2. The van der Waals surface area contributed by atoms with Gasteiger partial charge in [-0.1, -0.05) is 24.3 Å². The summed E-state index contributed by atoms with van der Waals surface area (Å²) in [6.45, 7) is 2.34. The van der Waals surface area contributed by atoms with Crippen LogP contribution in [0.5, 0.6) is 0 Å². The van der Waals surface area contributed by atoms with Gasteiger partial charge < -0.3 is 10.6 Å². The van der Waals surface area contributed by atoms with E-state index in [9.17, 15) is 9.18 Å². The number of allylic oxidation sites excluding steroid dienone is 1. The molecular formula is C19H17FN4O. The molecule has 1 amide bonds. The number of rotatable bonds is 2. The zero-order valence-electron chi connectivity index (χ0n) is 13.7. The van der Waals surface area contributed by atoms with Gasteiger partial charge in [0.25, 0.3) is 0 Å². The Balaban J connectivity index is 1.74. The summed E-state index contributed by atoms with van der Waals surface area (Å²) in [6.07, 6.45) is 9.13. The van der Waals surface area contributed by atoms with Crippen LogP contribution in [0.25, 0.3) is 11.6 Å². The largest absolute Gasteiger partial charge is 0.325 e. The normalized spacial score (nSPS) is 21.1. The van der Waals surface area contributed by atoms with Crippen LogP contribution in [0.3, 0.4) is 0 Å². The molecular weight excluding hydrogens is 319 g/mol. The van der Waals surface area contributed by atoms with Crippen molar-refractivity contribution in [1.29, 1.82) is 0 Å². The molecule has 2 N–H and O–H groups in total. The van der Waals surface area contributed by atoms with Gasteiger partial charge >= 0.3 is 0 Å². The summed E-state index contributed by atoms with van der Waals surface area (Å²) in [6, 6.07) is 4.33. The van der Waals surface area contributed by atoms with Gasteiger partial charge in [0, 0.05) is 23.6 Å². The molecule has 4 rings (SSSR count). The molecule has 126 valence electrons. The summed E-state index contributed by atoms with van der Waals surface area (Å²) < 4.78 is 13.5. The minimum Gasteiger partial charge on any atom is -0.325 e. The summed E-state index contributed by atoms with van der Waals surface area (Å²) in [7, 11) is 0. The number of aryl methyl sites for hydroxylation is 1. The molecule has 0 radical (unpaired) electrons. The smallest absolute Gasteiger partial charge is 0.233 e. The maximum absolute atomic E-state index is 13.5. The van der Waals surface area contributed by atoms with Crippen molar-refractivity contribution in [2.24, 2.45) is 5.92 Å². The van der Waals surface area contributed by atoms with Crippen molar-refractivity contribution in [2.75, 3.05) is 11.9 Å². The summed E-state index contributed by atoms with van der Waals surface area (Å²) >= 11 is 0. The maximum Gasteiger partial charge on any atom is 0.233 e. The van der Waals surface area contributed by atoms with Crippen LogP contribution in [0.4, 0.5) is 10.1 Å². The second kappa shape index (κ2) is 6.22. The quantitative estimate of drug-likeness (QED) is 0.845. The first-order valence-corrected chi connectivity index (χ1v) is 8.12. The second-order valence-corrected chi connectivity index (χ2v) is 6.22. The Labute approximate surface area is 144 Å². The van der Waals surface area contributed by atoms with Crippen molar-refractivity contribution in [3.63, 3.8) is 0 Å². The molecule has 2 aliphatic rings. The van der Waals surface area contributed by atoms with Crippen LogP contribution in [-0.4, -0.2) is 28.5 Å². The van der Waals surface area contributed by atoms with Gasteiger partial charge in [-0.05, 0) is 30.2 Å². The minimum absolute atomic E-state index is 0.0447. The fourth-order valence-electron chi connectivity index (χ4n) is 3.32. The lowest BCUT2D eigenvalue weighted by molar-refractivity contribution is -0.117. The van der Waals surface area contributed by atoms with Crippen molar-refractivity contribution in [1.82, 2.24) is 15.3 Å². The molecule has 0 saturated carbocycles. The van der Waals surface area contributed by atoms with Gasteiger partial charge in [-0.25, -0.2) is 14.4 Å². The average molecular weight is 336 g/mol. The average Bonchev–Trinajstić information content (AvgIpc) is 2.94. The zero-order valence-corrected chi connectivity index (χ0v) is 13.7. The fourth-order valence-corrected chi connectivity index (χ4v) is 3.32. The highest BCUT2D eigenvalue weighted by atomic mass is 19.1. The third-order valence-electron chi connectivity index (χ3n) is 4.62. The van der Waals surface area contributed by atoms with E-state index in [1.807, 2.05) is 25.2 Å². The Kier molecular flexibility index (Phi) is 3.89. The van der Waals surface area contributed by atoms with Crippen LogP contribution in [0, 0.1) is 18.7 Å². The number of hydrogen-bond acceptors (Lipinski definition) is 4. The molecule has 1 fully saturated rings. The first-order chi connectivity index (χ1) is 12.1. The Morgan fingerprint density at radius 3 is 3.16 bits per heavy atom. The number of benzene rings is 1. The van der Waals surface area contributed by atoms with Crippen molar-refractivity contribution in [3.05, 3.63) is 64.8 Å². The number of nitrogens with zero attached hydrogens (tertiary/aromatic N) is 2. The molecule has 1 saturated heterocycles. The third kappa shape index (κ3) is 2.85. The molecule has 2 atom stereocenters. The van der Waals surface area contributed by atoms with Crippen LogP contribution in [0.1, 0.15) is 5.56 Å². The van der Waals surface area contributed by atoms with Crippen LogP contribution in [0.15, 0.2) is 42.9 Å². The molecule has 0 spiro atoms. The number of carbonyl (C=O) groups excluding carboxylic acids is 1. The number of amides is 1. The predicted octanol–water partition coefficient (Wildman–Crippen LogP) is 0.652. The van der Waals surface area contributed by atoms with Gasteiger partial charge in [0.15, 0.2) is 0 Å². The van der Waals surface area contributed by atoms with Gasteiger partial charge in [0.05, 0.1) is 17.3 Å². The van der Waals surface area contributed by atoms with Crippen molar-refractivity contribution >= 4 is 23.2 Å². The standard InChI is InChI=1S/C19H17FN4O/c1-11-5-6-13(20)7-16(11)24-19(25)14-9-22-15-4-2-3-12-8-21-10-23-18(12)17(14)15/h2-8,10,14-15,22H,9H2,1H3,(H,24,25). The van der Waals surface area contributed by atoms with E-state index in [1.165, 1.54) is 18.5 Å². The van der Waals surface area contributed by atoms with Crippen molar-refractivity contribution < 1.29 is 9.18 Å². The molecule has 1 aliphatic carbocycles. The summed E-state index contributed by atoms with van der Waals surface area (Å²) in [5, 5.41) is 7.87. The highest BCUT2D eigenvalue weighted by Crippen LogP contribution is 2.25. The molecule has 2 heterocycles. The molecule has 2 aromatic rings. The van der Waals surface area contributed by atoms with E-state index in [4.69, 9.17) is 0 Å². The van der Waals surface area contributed by atoms with E-state index in [0.717, 1.165) is 21.7 Å². The van der Waals surface area contributed by atoms with Crippen LogP contribution in [-0.2, 0) is 4.79 Å². The molecule has 1 aromatic carbocycles. The molecule has 6 heteroatoms. The van der Waals surface area contributed by atoms with Gasteiger partial charge in [-0.3, -0.25) is 4.79 Å². The SMILES string of the molecule is Cc1ccc(F)cc1NC(=O)C1CNC2C=CC=c3cncnc3=C21. The van der Waals surface area contributed by atoms with Crippen LogP contribution < -0.4 is 21.2 Å². The molecule has 25 heavy (non-hydrogen) atoms. The first-order valence-electron chi connectivity index (χ1n) is 8.12. The van der Waals surface area contributed by atoms with Gasteiger partial charge in [0.1, 0.15) is 12.1 Å². The number of aromatic nitrogens is 2. The lowest BCUT2D eigenvalue weighted by Gasteiger charge is -2.15. The Bertz CT molecular complexity index is 999. The predicted molar refractivity (Wildman–Crippen MR) is 93.3 cm³/mol. The highest BCUT2D eigenvalue weighted by Gasteiger charge is 2.35. The van der Waals surface area contributed by atoms with E-state index in [0.29, 0.717) is 12.2 Å². The monoisotopic (exact) mass is 336 g/mol.